The number of carboxylic acid groups (broad SMARTS) is 2. The van der Waals surface area contributed by atoms with Gasteiger partial charge < -0.3 is 14.9 Å². The smallest absolute Gasteiger partial charge is 0.341 e. The van der Waals surface area contributed by atoms with Crippen LogP contribution in [-0.4, -0.2) is 28.8 Å². The van der Waals surface area contributed by atoms with Crippen molar-refractivity contribution < 1.29 is 24.5 Å². The van der Waals surface area contributed by atoms with Crippen LogP contribution in [0.25, 0.3) is 11.1 Å². The third kappa shape index (κ3) is 5.95. The van der Waals surface area contributed by atoms with Crippen LogP contribution in [0.3, 0.4) is 0 Å². The van der Waals surface area contributed by atoms with Gasteiger partial charge in [-0.1, -0.05) is 48.5 Å². The SMILES string of the molecule is Cc1cc(CCC(=O)O)ccc1-c1cc(C)c(OCC(=O)O)c(Cc2ccccc2)c1. The highest BCUT2D eigenvalue weighted by Gasteiger charge is 2.14. The van der Waals surface area contributed by atoms with E-state index >= 15 is 0 Å². The normalized spacial score (nSPS) is 10.6. The Labute approximate surface area is 181 Å². The van der Waals surface area contributed by atoms with E-state index in [1.54, 1.807) is 0 Å². The van der Waals surface area contributed by atoms with E-state index in [1.807, 2.05) is 68.4 Å². The molecule has 31 heavy (non-hydrogen) atoms. The molecule has 0 radical (unpaired) electrons. The van der Waals surface area contributed by atoms with E-state index in [-0.39, 0.29) is 13.0 Å². The minimum absolute atomic E-state index is 0.106. The van der Waals surface area contributed by atoms with Crippen LogP contribution in [0.5, 0.6) is 5.75 Å². The second-order valence-corrected chi connectivity index (χ2v) is 7.67. The monoisotopic (exact) mass is 418 g/mol. The minimum Gasteiger partial charge on any atom is -0.481 e. The number of carboxylic acids is 2. The molecule has 0 bridgehead atoms. The first-order chi connectivity index (χ1) is 14.8. The van der Waals surface area contributed by atoms with E-state index in [9.17, 15) is 9.59 Å². The molecule has 0 unspecified atom stereocenters. The maximum absolute atomic E-state index is 11.1. The third-order valence-corrected chi connectivity index (χ3v) is 5.16. The van der Waals surface area contributed by atoms with Crippen LogP contribution in [-0.2, 0) is 22.4 Å². The van der Waals surface area contributed by atoms with Gasteiger partial charge in [0, 0.05) is 12.8 Å². The first kappa shape index (κ1) is 22.1. The highest BCUT2D eigenvalue weighted by molar-refractivity contribution is 5.72. The number of hydrogen-bond acceptors (Lipinski definition) is 3. The molecular formula is C26H26O5. The Balaban J connectivity index is 1.99. The lowest BCUT2D eigenvalue weighted by molar-refractivity contribution is -0.139. The number of aliphatic carboxylic acids is 2. The Bertz CT molecular complexity index is 1090. The van der Waals surface area contributed by atoms with Gasteiger partial charge in [-0.2, -0.15) is 0 Å². The van der Waals surface area contributed by atoms with Gasteiger partial charge in [0.2, 0.25) is 0 Å². The molecule has 2 N–H and O–H groups in total. The number of benzene rings is 3. The van der Waals surface area contributed by atoms with Crippen LogP contribution in [0, 0.1) is 13.8 Å². The summed E-state index contributed by atoms with van der Waals surface area (Å²) in [6, 6.07) is 20.0. The van der Waals surface area contributed by atoms with Crippen LogP contribution >= 0.6 is 0 Å². The van der Waals surface area contributed by atoms with Gasteiger partial charge in [-0.25, -0.2) is 4.79 Å². The molecule has 3 rings (SSSR count). The predicted molar refractivity (Wildman–Crippen MR) is 120 cm³/mol. The summed E-state index contributed by atoms with van der Waals surface area (Å²) in [5.74, 6) is -1.22. The third-order valence-electron chi connectivity index (χ3n) is 5.16. The van der Waals surface area contributed by atoms with Crippen molar-refractivity contribution in [1.82, 2.24) is 0 Å². The molecule has 5 nitrogen and oxygen atoms in total. The molecule has 0 fully saturated rings. The Morgan fingerprint density at radius 2 is 1.58 bits per heavy atom. The number of rotatable bonds is 9. The van der Waals surface area contributed by atoms with Gasteiger partial charge >= 0.3 is 11.9 Å². The molecule has 0 spiro atoms. The van der Waals surface area contributed by atoms with Crippen molar-refractivity contribution in [2.45, 2.75) is 33.1 Å². The molecule has 0 aliphatic heterocycles. The van der Waals surface area contributed by atoms with Crippen LogP contribution in [0.1, 0.15) is 34.2 Å². The highest BCUT2D eigenvalue weighted by atomic mass is 16.5. The highest BCUT2D eigenvalue weighted by Crippen LogP contribution is 2.34. The maximum atomic E-state index is 11.1. The first-order valence-electron chi connectivity index (χ1n) is 10.2. The van der Waals surface area contributed by atoms with Gasteiger partial charge in [-0.3, -0.25) is 4.79 Å². The van der Waals surface area contributed by atoms with E-state index < -0.39 is 11.9 Å². The molecule has 0 saturated heterocycles. The average molecular weight is 418 g/mol. The molecule has 160 valence electrons. The van der Waals surface area contributed by atoms with Gasteiger partial charge in [0.25, 0.3) is 0 Å². The second kappa shape index (κ2) is 9.94. The lowest BCUT2D eigenvalue weighted by Crippen LogP contribution is -2.11. The Morgan fingerprint density at radius 1 is 0.839 bits per heavy atom. The summed E-state index contributed by atoms with van der Waals surface area (Å²) in [5.41, 5.74) is 7.05. The topological polar surface area (TPSA) is 83.8 Å². The molecule has 0 aliphatic carbocycles. The lowest BCUT2D eigenvalue weighted by atomic mass is 9.92. The summed E-state index contributed by atoms with van der Waals surface area (Å²) in [6.07, 6.45) is 1.23. The van der Waals surface area contributed by atoms with Crippen LogP contribution in [0.2, 0.25) is 0 Å². The van der Waals surface area contributed by atoms with Crippen molar-refractivity contribution in [3.63, 3.8) is 0 Å². The van der Waals surface area contributed by atoms with Crippen LogP contribution in [0.15, 0.2) is 60.7 Å². The van der Waals surface area contributed by atoms with E-state index in [0.29, 0.717) is 18.6 Å². The molecule has 0 atom stereocenters. The summed E-state index contributed by atoms with van der Waals surface area (Å²) in [6.45, 7) is 3.55. The minimum atomic E-state index is -1.01. The molecule has 0 amide bonds. The number of aryl methyl sites for hydroxylation is 3. The van der Waals surface area contributed by atoms with Gasteiger partial charge in [-0.05, 0) is 71.3 Å². The van der Waals surface area contributed by atoms with Crippen molar-refractivity contribution in [2.24, 2.45) is 0 Å². The zero-order valence-electron chi connectivity index (χ0n) is 17.7. The molecular weight excluding hydrogens is 392 g/mol. The van der Waals surface area contributed by atoms with E-state index in [0.717, 1.165) is 38.9 Å². The summed E-state index contributed by atoms with van der Waals surface area (Å²) < 4.78 is 5.64. The van der Waals surface area contributed by atoms with Crippen molar-refractivity contribution in [2.75, 3.05) is 6.61 Å². The molecule has 0 saturated carbocycles. The molecule has 5 heteroatoms. The summed E-state index contributed by atoms with van der Waals surface area (Å²) in [4.78, 5) is 21.9. The molecule has 0 aliphatic rings. The zero-order valence-corrected chi connectivity index (χ0v) is 17.7. The van der Waals surface area contributed by atoms with Crippen LogP contribution < -0.4 is 4.74 Å². The Kier molecular flexibility index (Phi) is 7.08. The number of ether oxygens (including phenoxy) is 1. The van der Waals surface area contributed by atoms with Crippen molar-refractivity contribution >= 4 is 11.9 Å². The van der Waals surface area contributed by atoms with E-state index in [1.165, 1.54) is 0 Å². The Morgan fingerprint density at radius 3 is 2.23 bits per heavy atom. The quantitative estimate of drug-likeness (QED) is 0.508. The summed E-state index contributed by atoms with van der Waals surface area (Å²) in [5, 5.41) is 18.0. The molecule has 3 aromatic carbocycles. The van der Waals surface area contributed by atoms with Gasteiger partial charge in [0.05, 0.1) is 0 Å². The fourth-order valence-electron chi connectivity index (χ4n) is 3.75. The number of hydrogen-bond donors (Lipinski definition) is 2. The maximum Gasteiger partial charge on any atom is 0.341 e. The fourth-order valence-corrected chi connectivity index (χ4v) is 3.75. The molecule has 0 heterocycles. The van der Waals surface area contributed by atoms with Gasteiger partial charge in [0.15, 0.2) is 6.61 Å². The standard InChI is InChI=1S/C26H26O5/c1-17-12-20(9-11-24(27)28)8-10-23(17)21-13-18(2)26(31-16-25(29)30)22(15-21)14-19-6-4-3-5-7-19/h3-8,10,12-13,15H,9,11,14,16H2,1-2H3,(H,27,28)(H,29,30). The second-order valence-electron chi connectivity index (χ2n) is 7.67. The number of carbonyl (C=O) groups is 2. The first-order valence-corrected chi connectivity index (χ1v) is 10.2. The summed E-state index contributed by atoms with van der Waals surface area (Å²) >= 11 is 0. The van der Waals surface area contributed by atoms with Crippen LogP contribution in [0.4, 0.5) is 0 Å². The largest absolute Gasteiger partial charge is 0.481 e. The van der Waals surface area contributed by atoms with E-state index in [4.69, 9.17) is 14.9 Å². The van der Waals surface area contributed by atoms with Crippen molar-refractivity contribution in [3.05, 3.63) is 88.5 Å². The van der Waals surface area contributed by atoms with Gasteiger partial charge in [0.1, 0.15) is 5.75 Å². The van der Waals surface area contributed by atoms with Crippen molar-refractivity contribution in [1.29, 1.82) is 0 Å². The van der Waals surface area contributed by atoms with E-state index in [2.05, 4.69) is 6.07 Å². The van der Waals surface area contributed by atoms with Crippen molar-refractivity contribution in [3.8, 4) is 16.9 Å². The fraction of sp³-hybridized carbons (Fsp3) is 0.231. The molecule has 3 aromatic rings. The molecule has 0 aromatic heterocycles. The predicted octanol–water partition coefficient (Wildman–Crippen LogP) is 5.04. The Hall–Kier alpha value is -3.60. The summed E-state index contributed by atoms with van der Waals surface area (Å²) in [7, 11) is 0. The lowest BCUT2D eigenvalue weighted by Gasteiger charge is -2.17. The van der Waals surface area contributed by atoms with Gasteiger partial charge in [-0.15, -0.1) is 0 Å². The average Bonchev–Trinajstić information content (AvgIpc) is 2.72. The zero-order chi connectivity index (χ0) is 22.4.